The lowest BCUT2D eigenvalue weighted by atomic mass is 10.0. The number of nitrogen functional groups attached to an aromatic ring is 1. The molecule has 0 aliphatic rings. The standard InChI is InChI=1S/C9H13NO.ClH/c1-6(2)7-3-4-8(10)9(11)5-7;/h3-6,11H,10H2,1-2H3;1H. The maximum absolute atomic E-state index is 9.22. The predicted octanol–water partition coefficient (Wildman–Crippen LogP) is 2.52. The zero-order valence-electron chi connectivity index (χ0n) is 7.24. The van der Waals surface area contributed by atoms with Crippen LogP contribution in [0, 0.1) is 0 Å². The van der Waals surface area contributed by atoms with Crippen molar-refractivity contribution >= 4 is 18.1 Å². The molecule has 0 fully saturated rings. The number of phenols is 1. The zero-order valence-corrected chi connectivity index (χ0v) is 8.06. The summed E-state index contributed by atoms with van der Waals surface area (Å²) in [4.78, 5) is 0. The van der Waals surface area contributed by atoms with E-state index in [0.29, 0.717) is 11.6 Å². The van der Waals surface area contributed by atoms with E-state index in [-0.39, 0.29) is 18.2 Å². The Labute approximate surface area is 78.8 Å². The van der Waals surface area contributed by atoms with Crippen LogP contribution in [-0.4, -0.2) is 5.11 Å². The van der Waals surface area contributed by atoms with Crippen LogP contribution >= 0.6 is 12.4 Å². The highest BCUT2D eigenvalue weighted by Gasteiger charge is 2.01. The van der Waals surface area contributed by atoms with Crippen molar-refractivity contribution in [2.75, 3.05) is 5.73 Å². The van der Waals surface area contributed by atoms with E-state index in [9.17, 15) is 5.11 Å². The first-order chi connectivity index (χ1) is 5.11. The summed E-state index contributed by atoms with van der Waals surface area (Å²) in [6, 6.07) is 5.37. The molecule has 0 saturated heterocycles. The Balaban J connectivity index is 0.00000121. The molecule has 3 N–H and O–H groups in total. The molecule has 3 heteroatoms. The second-order valence-electron chi connectivity index (χ2n) is 2.97. The number of halogens is 1. The van der Waals surface area contributed by atoms with Gasteiger partial charge in [0.1, 0.15) is 5.75 Å². The summed E-state index contributed by atoms with van der Waals surface area (Å²) in [6.45, 7) is 4.15. The molecule has 0 bridgehead atoms. The minimum Gasteiger partial charge on any atom is -0.506 e. The van der Waals surface area contributed by atoms with Crippen molar-refractivity contribution in [2.45, 2.75) is 19.8 Å². The van der Waals surface area contributed by atoms with E-state index in [2.05, 4.69) is 13.8 Å². The van der Waals surface area contributed by atoms with Crippen molar-refractivity contribution in [3.63, 3.8) is 0 Å². The molecule has 0 atom stereocenters. The van der Waals surface area contributed by atoms with Crippen molar-refractivity contribution in [1.82, 2.24) is 0 Å². The first kappa shape index (κ1) is 11.1. The Morgan fingerprint density at radius 2 is 1.92 bits per heavy atom. The highest BCUT2D eigenvalue weighted by molar-refractivity contribution is 5.85. The fourth-order valence-corrected chi connectivity index (χ4v) is 0.920. The highest BCUT2D eigenvalue weighted by Crippen LogP contribution is 2.24. The second kappa shape index (κ2) is 4.21. The lowest BCUT2D eigenvalue weighted by Gasteiger charge is -2.06. The first-order valence-corrected chi connectivity index (χ1v) is 3.69. The molecule has 68 valence electrons. The summed E-state index contributed by atoms with van der Waals surface area (Å²) in [6.07, 6.45) is 0. The fourth-order valence-electron chi connectivity index (χ4n) is 0.920. The molecule has 12 heavy (non-hydrogen) atoms. The molecular weight excluding hydrogens is 174 g/mol. The Morgan fingerprint density at radius 1 is 1.33 bits per heavy atom. The molecule has 1 aromatic rings. The summed E-state index contributed by atoms with van der Waals surface area (Å²) in [5.41, 5.74) is 6.99. The van der Waals surface area contributed by atoms with Gasteiger partial charge in [0.15, 0.2) is 0 Å². The van der Waals surface area contributed by atoms with Crippen LogP contribution in [0.25, 0.3) is 0 Å². The number of nitrogens with two attached hydrogens (primary N) is 1. The summed E-state index contributed by atoms with van der Waals surface area (Å²) < 4.78 is 0. The van der Waals surface area contributed by atoms with Crippen LogP contribution in [0.3, 0.4) is 0 Å². The monoisotopic (exact) mass is 187 g/mol. The molecule has 0 saturated carbocycles. The van der Waals surface area contributed by atoms with Crippen molar-refractivity contribution in [1.29, 1.82) is 0 Å². The Bertz CT molecular complexity index is 261. The molecule has 0 aliphatic heterocycles. The minimum absolute atomic E-state index is 0. The molecule has 0 aliphatic carbocycles. The molecular formula is C9H14ClNO. The van der Waals surface area contributed by atoms with Crippen molar-refractivity contribution in [3.8, 4) is 5.75 Å². The molecule has 1 rings (SSSR count). The third kappa shape index (κ3) is 2.31. The maximum Gasteiger partial charge on any atom is 0.138 e. The van der Waals surface area contributed by atoms with Crippen LogP contribution in [0.2, 0.25) is 0 Å². The summed E-state index contributed by atoms with van der Waals surface area (Å²) in [5, 5.41) is 9.22. The topological polar surface area (TPSA) is 46.2 Å². The van der Waals surface area contributed by atoms with Gasteiger partial charge < -0.3 is 10.8 Å². The van der Waals surface area contributed by atoms with Crippen LogP contribution in [0.5, 0.6) is 5.75 Å². The second-order valence-corrected chi connectivity index (χ2v) is 2.97. The highest BCUT2D eigenvalue weighted by atomic mass is 35.5. The Kier molecular flexibility index (Phi) is 3.90. The van der Waals surface area contributed by atoms with Gasteiger partial charge in [-0.05, 0) is 23.6 Å². The molecule has 1 aromatic carbocycles. The largest absolute Gasteiger partial charge is 0.506 e. The van der Waals surface area contributed by atoms with Gasteiger partial charge in [0.25, 0.3) is 0 Å². The fraction of sp³-hybridized carbons (Fsp3) is 0.333. The number of anilines is 1. The van der Waals surface area contributed by atoms with Crippen LogP contribution in [-0.2, 0) is 0 Å². The normalized spacial score (nSPS) is 9.58. The number of hydrogen-bond acceptors (Lipinski definition) is 2. The summed E-state index contributed by atoms with van der Waals surface area (Å²) >= 11 is 0. The zero-order chi connectivity index (χ0) is 8.43. The molecule has 0 spiro atoms. The lowest BCUT2D eigenvalue weighted by Crippen LogP contribution is -1.90. The van der Waals surface area contributed by atoms with Gasteiger partial charge in [-0.25, -0.2) is 0 Å². The van der Waals surface area contributed by atoms with Gasteiger partial charge in [0, 0.05) is 0 Å². The van der Waals surface area contributed by atoms with Gasteiger partial charge in [0.2, 0.25) is 0 Å². The molecule has 0 unspecified atom stereocenters. The lowest BCUT2D eigenvalue weighted by molar-refractivity contribution is 0.477. The van der Waals surface area contributed by atoms with Gasteiger partial charge in [0.05, 0.1) is 5.69 Å². The first-order valence-electron chi connectivity index (χ1n) is 3.69. The van der Waals surface area contributed by atoms with E-state index in [4.69, 9.17) is 5.73 Å². The Morgan fingerprint density at radius 3 is 2.33 bits per heavy atom. The molecule has 0 radical (unpaired) electrons. The van der Waals surface area contributed by atoms with Crippen molar-refractivity contribution in [2.24, 2.45) is 0 Å². The van der Waals surface area contributed by atoms with E-state index in [1.54, 1.807) is 12.1 Å². The van der Waals surface area contributed by atoms with Gasteiger partial charge >= 0.3 is 0 Å². The molecule has 0 amide bonds. The van der Waals surface area contributed by atoms with Gasteiger partial charge in [-0.2, -0.15) is 0 Å². The van der Waals surface area contributed by atoms with Crippen LogP contribution < -0.4 is 5.73 Å². The quantitative estimate of drug-likeness (QED) is 0.524. The molecule has 0 heterocycles. The van der Waals surface area contributed by atoms with Crippen molar-refractivity contribution in [3.05, 3.63) is 23.8 Å². The number of rotatable bonds is 1. The smallest absolute Gasteiger partial charge is 0.138 e. The minimum atomic E-state index is 0. The van der Waals surface area contributed by atoms with E-state index < -0.39 is 0 Å². The molecule has 0 aromatic heterocycles. The molecule has 2 nitrogen and oxygen atoms in total. The van der Waals surface area contributed by atoms with Crippen LogP contribution in [0.1, 0.15) is 25.3 Å². The number of aromatic hydroxyl groups is 1. The van der Waals surface area contributed by atoms with Gasteiger partial charge in [-0.3, -0.25) is 0 Å². The maximum atomic E-state index is 9.22. The van der Waals surface area contributed by atoms with E-state index >= 15 is 0 Å². The van der Waals surface area contributed by atoms with E-state index in [1.165, 1.54) is 0 Å². The summed E-state index contributed by atoms with van der Waals surface area (Å²) in [7, 11) is 0. The third-order valence-corrected chi connectivity index (χ3v) is 1.72. The van der Waals surface area contributed by atoms with E-state index in [1.807, 2.05) is 6.07 Å². The SMILES string of the molecule is CC(C)c1ccc(N)c(O)c1.Cl. The van der Waals surface area contributed by atoms with Crippen LogP contribution in [0.4, 0.5) is 5.69 Å². The third-order valence-electron chi connectivity index (χ3n) is 1.72. The van der Waals surface area contributed by atoms with E-state index in [0.717, 1.165) is 5.56 Å². The average Bonchev–Trinajstić information content (AvgIpc) is 1.94. The average molecular weight is 188 g/mol. The number of phenolic OH excluding ortho intramolecular Hbond substituents is 1. The predicted molar refractivity (Wildman–Crippen MR) is 53.9 cm³/mol. The number of benzene rings is 1. The van der Waals surface area contributed by atoms with Crippen LogP contribution in [0.15, 0.2) is 18.2 Å². The van der Waals surface area contributed by atoms with Crippen molar-refractivity contribution < 1.29 is 5.11 Å². The number of hydrogen-bond donors (Lipinski definition) is 2. The van der Waals surface area contributed by atoms with Gasteiger partial charge in [-0.1, -0.05) is 19.9 Å². The van der Waals surface area contributed by atoms with Gasteiger partial charge in [-0.15, -0.1) is 12.4 Å². The Hall–Kier alpha value is -0.890. The summed E-state index contributed by atoms with van der Waals surface area (Å²) in [5.74, 6) is 0.609.